The highest BCUT2D eigenvalue weighted by Gasteiger charge is 2.39. The number of ketones is 1. The maximum atomic E-state index is 13.2. The van der Waals surface area contributed by atoms with Crippen molar-refractivity contribution in [1.29, 1.82) is 0 Å². The number of benzene rings is 2. The fourth-order valence-corrected chi connectivity index (χ4v) is 4.51. The number of halogens is 2. The number of fused-ring (bicyclic) bond motifs is 1. The Kier molecular flexibility index (Phi) is 5.34. The summed E-state index contributed by atoms with van der Waals surface area (Å²) in [6.45, 7) is 6.74. The molecule has 0 atom stereocenters. The minimum atomic E-state index is -0.101. The van der Waals surface area contributed by atoms with Gasteiger partial charge < -0.3 is 9.30 Å². The van der Waals surface area contributed by atoms with Gasteiger partial charge in [-0.2, -0.15) is 0 Å². The van der Waals surface area contributed by atoms with Crippen LogP contribution in [-0.2, 0) is 6.42 Å². The van der Waals surface area contributed by atoms with Gasteiger partial charge in [-0.1, -0.05) is 53.5 Å². The van der Waals surface area contributed by atoms with Crippen LogP contribution in [0, 0.1) is 5.41 Å². The topological polar surface area (TPSA) is 31.2 Å². The number of ether oxygens (including phenoxy) is 1. The van der Waals surface area contributed by atoms with Gasteiger partial charge in [0.2, 0.25) is 0 Å². The number of hydrogen-bond donors (Lipinski definition) is 0. The zero-order valence-electron chi connectivity index (χ0n) is 16.8. The van der Waals surface area contributed by atoms with E-state index < -0.39 is 0 Å². The SMILES string of the molecule is CCOc1c2c(n(-c3ccc(Br)cc3)c1-c1ccc(Cl)cc1)CC(C)(C)CC2=O. The molecule has 3 aromatic rings. The lowest BCUT2D eigenvalue weighted by Gasteiger charge is -2.29. The molecule has 150 valence electrons. The molecule has 0 unspecified atom stereocenters. The molecule has 0 saturated heterocycles. The van der Waals surface area contributed by atoms with Gasteiger partial charge in [0.05, 0.1) is 17.9 Å². The van der Waals surface area contributed by atoms with E-state index in [1.807, 2.05) is 43.3 Å². The summed E-state index contributed by atoms with van der Waals surface area (Å²) in [7, 11) is 0. The van der Waals surface area contributed by atoms with Crippen LogP contribution in [0.25, 0.3) is 16.9 Å². The highest BCUT2D eigenvalue weighted by Crippen LogP contribution is 2.47. The Morgan fingerprint density at radius 2 is 1.72 bits per heavy atom. The average molecular weight is 473 g/mol. The fourth-order valence-electron chi connectivity index (χ4n) is 4.12. The van der Waals surface area contributed by atoms with E-state index in [1.165, 1.54) is 0 Å². The second-order valence-corrected chi connectivity index (χ2v) is 9.54. The quantitative estimate of drug-likeness (QED) is 0.405. The van der Waals surface area contributed by atoms with E-state index in [9.17, 15) is 4.79 Å². The monoisotopic (exact) mass is 471 g/mol. The lowest BCUT2D eigenvalue weighted by molar-refractivity contribution is 0.0907. The van der Waals surface area contributed by atoms with Gasteiger partial charge in [-0.15, -0.1) is 0 Å². The van der Waals surface area contributed by atoms with E-state index in [2.05, 4.69) is 46.5 Å². The molecule has 0 radical (unpaired) electrons. The molecule has 0 saturated carbocycles. The van der Waals surface area contributed by atoms with Crippen molar-refractivity contribution in [3.05, 3.63) is 69.3 Å². The highest BCUT2D eigenvalue weighted by molar-refractivity contribution is 9.10. The summed E-state index contributed by atoms with van der Waals surface area (Å²) in [6, 6.07) is 15.9. The van der Waals surface area contributed by atoms with Crippen LogP contribution < -0.4 is 4.74 Å². The third-order valence-corrected chi connectivity index (χ3v) is 6.06. The van der Waals surface area contributed by atoms with E-state index in [-0.39, 0.29) is 11.2 Å². The Bertz CT molecular complexity index is 1070. The van der Waals surface area contributed by atoms with Crippen LogP contribution in [-0.4, -0.2) is 17.0 Å². The number of aromatic nitrogens is 1. The largest absolute Gasteiger partial charge is 0.491 e. The van der Waals surface area contributed by atoms with Crippen LogP contribution in [0.4, 0.5) is 0 Å². The van der Waals surface area contributed by atoms with Crippen molar-refractivity contribution in [3.8, 4) is 22.7 Å². The third kappa shape index (κ3) is 3.76. The second kappa shape index (κ2) is 7.66. The fraction of sp³-hybridized carbons (Fsp3) is 0.292. The van der Waals surface area contributed by atoms with Crippen molar-refractivity contribution in [1.82, 2.24) is 4.57 Å². The predicted octanol–water partition coefficient (Wildman–Crippen LogP) is 7.11. The van der Waals surface area contributed by atoms with Gasteiger partial charge in [-0.3, -0.25) is 4.79 Å². The van der Waals surface area contributed by atoms with Crippen LogP contribution in [0.1, 0.15) is 43.2 Å². The molecule has 1 aliphatic carbocycles. The van der Waals surface area contributed by atoms with E-state index >= 15 is 0 Å². The first-order valence-electron chi connectivity index (χ1n) is 9.76. The molecule has 29 heavy (non-hydrogen) atoms. The second-order valence-electron chi connectivity index (χ2n) is 8.19. The van der Waals surface area contributed by atoms with Crippen molar-refractivity contribution in [2.75, 3.05) is 6.61 Å². The predicted molar refractivity (Wildman–Crippen MR) is 122 cm³/mol. The van der Waals surface area contributed by atoms with Crippen LogP contribution >= 0.6 is 27.5 Å². The summed E-state index contributed by atoms with van der Waals surface area (Å²) in [6.07, 6.45) is 1.32. The molecule has 1 aromatic heterocycles. The maximum absolute atomic E-state index is 13.2. The molecular formula is C24H23BrClNO2. The minimum absolute atomic E-state index is 0.101. The molecule has 0 spiro atoms. The van der Waals surface area contributed by atoms with Crippen LogP contribution in [0.5, 0.6) is 5.75 Å². The summed E-state index contributed by atoms with van der Waals surface area (Å²) in [5.41, 5.74) is 4.52. The summed E-state index contributed by atoms with van der Waals surface area (Å²) in [4.78, 5) is 13.2. The number of Topliss-reactive ketones (excluding diaryl/α,β-unsaturated/α-hetero) is 1. The van der Waals surface area contributed by atoms with E-state index in [0.29, 0.717) is 23.8 Å². The van der Waals surface area contributed by atoms with E-state index in [4.69, 9.17) is 16.3 Å². The molecular weight excluding hydrogens is 450 g/mol. The Balaban J connectivity index is 2.08. The van der Waals surface area contributed by atoms with E-state index in [1.54, 1.807) is 0 Å². The number of rotatable bonds is 4. The lowest BCUT2D eigenvalue weighted by atomic mass is 9.76. The van der Waals surface area contributed by atoms with Gasteiger partial charge in [0.15, 0.2) is 11.5 Å². The molecule has 4 rings (SSSR count). The van der Waals surface area contributed by atoms with Crippen LogP contribution in [0.15, 0.2) is 53.0 Å². The lowest BCUT2D eigenvalue weighted by Crippen LogP contribution is -2.28. The molecule has 0 aliphatic heterocycles. The minimum Gasteiger partial charge on any atom is -0.491 e. The Hall–Kier alpha value is -2.04. The zero-order chi connectivity index (χ0) is 20.8. The summed E-state index contributed by atoms with van der Waals surface area (Å²) in [5, 5.41) is 0.676. The van der Waals surface area contributed by atoms with Gasteiger partial charge in [-0.05, 0) is 55.2 Å². The molecule has 0 N–H and O–H groups in total. The third-order valence-electron chi connectivity index (χ3n) is 5.28. The van der Waals surface area contributed by atoms with Crippen LogP contribution in [0.3, 0.4) is 0 Å². The van der Waals surface area contributed by atoms with Crippen molar-refractivity contribution in [3.63, 3.8) is 0 Å². The highest BCUT2D eigenvalue weighted by atomic mass is 79.9. The first-order chi connectivity index (χ1) is 13.8. The molecule has 1 heterocycles. The Morgan fingerprint density at radius 1 is 1.07 bits per heavy atom. The molecule has 5 heteroatoms. The van der Waals surface area contributed by atoms with Gasteiger partial charge in [-0.25, -0.2) is 0 Å². The standard InChI is InChI=1S/C24H23BrClNO2/c1-4-29-23-21-19(13-24(2,3)14-20(21)28)27(18-11-7-16(25)8-12-18)22(23)15-5-9-17(26)10-6-15/h5-12H,4,13-14H2,1-3H3. The van der Waals surface area contributed by atoms with Crippen molar-refractivity contribution >= 4 is 33.3 Å². The zero-order valence-corrected chi connectivity index (χ0v) is 19.1. The molecule has 0 amide bonds. The molecule has 0 bridgehead atoms. The molecule has 2 aromatic carbocycles. The smallest absolute Gasteiger partial charge is 0.169 e. The number of hydrogen-bond acceptors (Lipinski definition) is 2. The first kappa shape index (κ1) is 20.2. The van der Waals surface area contributed by atoms with Gasteiger partial charge in [0, 0.05) is 32.9 Å². The molecule has 0 fully saturated rings. The van der Waals surface area contributed by atoms with Crippen LogP contribution in [0.2, 0.25) is 5.02 Å². The molecule has 1 aliphatic rings. The van der Waals surface area contributed by atoms with Gasteiger partial charge >= 0.3 is 0 Å². The maximum Gasteiger partial charge on any atom is 0.169 e. The van der Waals surface area contributed by atoms with E-state index in [0.717, 1.165) is 39.1 Å². The number of nitrogens with zero attached hydrogens (tertiary/aromatic N) is 1. The molecule has 3 nitrogen and oxygen atoms in total. The first-order valence-corrected chi connectivity index (χ1v) is 10.9. The normalized spacial score (nSPS) is 15.3. The Morgan fingerprint density at radius 3 is 2.34 bits per heavy atom. The van der Waals surface area contributed by atoms with Crippen molar-refractivity contribution < 1.29 is 9.53 Å². The van der Waals surface area contributed by atoms with Crippen molar-refractivity contribution in [2.45, 2.75) is 33.6 Å². The Labute approximate surface area is 184 Å². The number of carbonyl (C=O) groups excluding carboxylic acids is 1. The summed E-state index contributed by atoms with van der Waals surface area (Å²) >= 11 is 9.66. The van der Waals surface area contributed by atoms with Gasteiger partial charge in [0.25, 0.3) is 0 Å². The number of carbonyl (C=O) groups is 1. The average Bonchev–Trinajstić information content (AvgIpc) is 2.96. The summed E-state index contributed by atoms with van der Waals surface area (Å²) < 4.78 is 9.30. The van der Waals surface area contributed by atoms with Gasteiger partial charge in [0.1, 0.15) is 0 Å². The van der Waals surface area contributed by atoms with Crippen molar-refractivity contribution in [2.24, 2.45) is 5.41 Å². The summed E-state index contributed by atoms with van der Waals surface area (Å²) in [5.74, 6) is 0.819.